The van der Waals surface area contributed by atoms with Crippen molar-refractivity contribution in [3.63, 3.8) is 0 Å². The molecule has 0 radical (unpaired) electrons. The highest BCUT2D eigenvalue weighted by molar-refractivity contribution is 8.00. The van der Waals surface area contributed by atoms with Gasteiger partial charge in [-0.1, -0.05) is 24.3 Å². The monoisotopic (exact) mass is 277 g/mol. The molecule has 0 aliphatic carbocycles. The van der Waals surface area contributed by atoms with Gasteiger partial charge in [-0.05, 0) is 30.2 Å². The SMILES string of the molecule is NC(c1c(F)cccc1F)C1Cc2ccccc2S1. The summed E-state index contributed by atoms with van der Waals surface area (Å²) in [5.41, 5.74) is 7.27. The molecule has 19 heavy (non-hydrogen) atoms. The number of fused-ring (bicyclic) bond motifs is 1. The summed E-state index contributed by atoms with van der Waals surface area (Å²) in [7, 11) is 0. The third-order valence-corrected chi connectivity index (χ3v) is 4.82. The molecule has 1 nitrogen and oxygen atoms in total. The first-order valence-electron chi connectivity index (χ1n) is 6.11. The zero-order valence-corrected chi connectivity index (χ0v) is 11.0. The Kier molecular flexibility index (Phi) is 3.29. The van der Waals surface area contributed by atoms with E-state index in [0.29, 0.717) is 0 Å². The molecule has 2 aromatic carbocycles. The Morgan fingerprint density at radius 3 is 2.42 bits per heavy atom. The van der Waals surface area contributed by atoms with E-state index < -0.39 is 17.7 Å². The minimum atomic E-state index is -0.640. The minimum absolute atomic E-state index is 0.00666. The third-order valence-electron chi connectivity index (χ3n) is 3.41. The van der Waals surface area contributed by atoms with E-state index in [2.05, 4.69) is 0 Å². The molecule has 0 spiro atoms. The second-order valence-corrected chi connectivity index (χ2v) is 5.91. The Morgan fingerprint density at radius 2 is 1.74 bits per heavy atom. The Balaban J connectivity index is 1.89. The Labute approximate surface area is 114 Å². The molecule has 0 aromatic heterocycles. The summed E-state index contributed by atoms with van der Waals surface area (Å²) in [6.07, 6.45) is 0.746. The Morgan fingerprint density at radius 1 is 1.05 bits per heavy atom. The van der Waals surface area contributed by atoms with Crippen molar-refractivity contribution >= 4 is 11.8 Å². The van der Waals surface area contributed by atoms with Gasteiger partial charge in [-0.2, -0.15) is 0 Å². The summed E-state index contributed by atoms with van der Waals surface area (Å²) < 4.78 is 27.5. The van der Waals surface area contributed by atoms with Gasteiger partial charge >= 0.3 is 0 Å². The van der Waals surface area contributed by atoms with Crippen molar-refractivity contribution in [2.24, 2.45) is 5.73 Å². The van der Waals surface area contributed by atoms with Crippen LogP contribution >= 0.6 is 11.8 Å². The number of hydrogen-bond donors (Lipinski definition) is 1. The average Bonchev–Trinajstić information content (AvgIpc) is 2.82. The summed E-state index contributed by atoms with van der Waals surface area (Å²) in [5, 5.41) is -0.0243. The van der Waals surface area contributed by atoms with Crippen LogP contribution in [0, 0.1) is 11.6 Å². The first-order chi connectivity index (χ1) is 9.16. The standard InChI is InChI=1S/C15H13F2NS/c16-10-5-3-6-11(17)14(10)15(18)13-8-9-4-1-2-7-12(9)19-13/h1-7,13,15H,8,18H2. The number of thioether (sulfide) groups is 1. The van der Waals surface area contributed by atoms with Crippen LogP contribution in [-0.2, 0) is 6.42 Å². The first kappa shape index (κ1) is 12.6. The van der Waals surface area contributed by atoms with E-state index in [1.807, 2.05) is 24.3 Å². The van der Waals surface area contributed by atoms with Crippen molar-refractivity contribution in [2.45, 2.75) is 22.6 Å². The molecule has 2 atom stereocenters. The lowest BCUT2D eigenvalue weighted by Crippen LogP contribution is -2.25. The molecule has 0 bridgehead atoms. The smallest absolute Gasteiger partial charge is 0.130 e. The molecule has 0 amide bonds. The fraction of sp³-hybridized carbons (Fsp3) is 0.200. The molecule has 98 valence electrons. The molecular formula is C15H13F2NS. The van der Waals surface area contributed by atoms with Crippen LogP contribution < -0.4 is 5.73 Å². The lowest BCUT2D eigenvalue weighted by Gasteiger charge is -2.19. The van der Waals surface area contributed by atoms with Crippen LogP contribution in [0.25, 0.3) is 0 Å². The average molecular weight is 277 g/mol. The molecule has 2 unspecified atom stereocenters. The number of rotatable bonds is 2. The van der Waals surface area contributed by atoms with Crippen LogP contribution in [0.4, 0.5) is 8.78 Å². The normalized spacial score (nSPS) is 19.2. The number of benzene rings is 2. The van der Waals surface area contributed by atoms with Crippen LogP contribution in [0.2, 0.25) is 0 Å². The van der Waals surface area contributed by atoms with Crippen molar-refractivity contribution in [1.29, 1.82) is 0 Å². The zero-order chi connectivity index (χ0) is 13.4. The van der Waals surface area contributed by atoms with Gasteiger partial charge < -0.3 is 5.73 Å². The van der Waals surface area contributed by atoms with Gasteiger partial charge in [0.05, 0.1) is 0 Å². The Bertz CT molecular complexity index is 570. The van der Waals surface area contributed by atoms with Crippen molar-refractivity contribution < 1.29 is 8.78 Å². The van der Waals surface area contributed by atoms with Crippen molar-refractivity contribution in [1.82, 2.24) is 0 Å². The maximum atomic E-state index is 13.8. The quantitative estimate of drug-likeness (QED) is 0.906. The van der Waals surface area contributed by atoms with Gasteiger partial charge in [0, 0.05) is 21.8 Å². The van der Waals surface area contributed by atoms with Gasteiger partial charge in [-0.3, -0.25) is 0 Å². The van der Waals surface area contributed by atoms with Crippen molar-refractivity contribution in [2.75, 3.05) is 0 Å². The van der Waals surface area contributed by atoms with Crippen LogP contribution in [0.3, 0.4) is 0 Å². The van der Waals surface area contributed by atoms with E-state index >= 15 is 0 Å². The van der Waals surface area contributed by atoms with E-state index in [9.17, 15) is 8.78 Å². The third kappa shape index (κ3) is 2.26. The summed E-state index contributed by atoms with van der Waals surface area (Å²) in [6, 6.07) is 11.2. The van der Waals surface area contributed by atoms with Gasteiger partial charge in [-0.25, -0.2) is 8.78 Å². The highest BCUT2D eigenvalue weighted by Gasteiger charge is 2.31. The molecule has 0 fully saturated rings. The number of nitrogens with two attached hydrogens (primary N) is 1. The second-order valence-electron chi connectivity index (χ2n) is 4.63. The molecular weight excluding hydrogens is 264 g/mol. The van der Waals surface area contributed by atoms with Gasteiger partial charge in [0.2, 0.25) is 0 Å². The first-order valence-corrected chi connectivity index (χ1v) is 6.99. The van der Waals surface area contributed by atoms with Crippen molar-refractivity contribution in [3.05, 3.63) is 65.2 Å². The highest BCUT2D eigenvalue weighted by Crippen LogP contribution is 2.42. The van der Waals surface area contributed by atoms with Gasteiger partial charge in [0.25, 0.3) is 0 Å². The van der Waals surface area contributed by atoms with Gasteiger partial charge in [0.1, 0.15) is 11.6 Å². The van der Waals surface area contributed by atoms with Crippen LogP contribution in [0.5, 0.6) is 0 Å². The molecule has 1 heterocycles. The van der Waals surface area contributed by atoms with Crippen molar-refractivity contribution in [3.8, 4) is 0 Å². The zero-order valence-electron chi connectivity index (χ0n) is 10.1. The molecule has 1 aliphatic heterocycles. The van der Waals surface area contributed by atoms with E-state index in [1.54, 1.807) is 11.8 Å². The predicted octanol–water partition coefficient (Wildman–Crippen LogP) is 3.68. The lowest BCUT2D eigenvalue weighted by molar-refractivity contribution is 0.518. The number of hydrogen-bond acceptors (Lipinski definition) is 2. The summed E-state index contributed by atoms with van der Waals surface area (Å²) in [4.78, 5) is 1.15. The highest BCUT2D eigenvalue weighted by atomic mass is 32.2. The maximum absolute atomic E-state index is 13.8. The predicted molar refractivity (Wildman–Crippen MR) is 73.1 cm³/mol. The van der Waals surface area contributed by atoms with Crippen LogP contribution in [-0.4, -0.2) is 5.25 Å². The van der Waals surface area contributed by atoms with Crippen LogP contribution in [0.1, 0.15) is 17.2 Å². The van der Waals surface area contributed by atoms with E-state index in [1.165, 1.54) is 23.8 Å². The fourth-order valence-corrected chi connectivity index (χ4v) is 3.76. The molecule has 2 aromatic rings. The molecule has 1 aliphatic rings. The molecule has 3 rings (SSSR count). The number of halogens is 2. The molecule has 2 N–H and O–H groups in total. The molecule has 4 heteroatoms. The van der Waals surface area contributed by atoms with E-state index in [-0.39, 0.29) is 10.8 Å². The molecule has 0 saturated heterocycles. The fourth-order valence-electron chi connectivity index (χ4n) is 2.42. The molecule has 0 saturated carbocycles. The topological polar surface area (TPSA) is 26.0 Å². The Hall–Kier alpha value is -1.39. The van der Waals surface area contributed by atoms with E-state index in [0.717, 1.165) is 11.3 Å². The summed E-state index contributed by atoms with van der Waals surface area (Å²) >= 11 is 1.60. The summed E-state index contributed by atoms with van der Waals surface area (Å²) in [5.74, 6) is -1.13. The van der Waals surface area contributed by atoms with Gasteiger partial charge in [-0.15, -0.1) is 11.8 Å². The lowest BCUT2D eigenvalue weighted by atomic mass is 9.98. The summed E-state index contributed by atoms with van der Waals surface area (Å²) in [6.45, 7) is 0. The van der Waals surface area contributed by atoms with Crippen LogP contribution in [0.15, 0.2) is 47.4 Å². The maximum Gasteiger partial charge on any atom is 0.130 e. The van der Waals surface area contributed by atoms with Gasteiger partial charge in [0.15, 0.2) is 0 Å². The van der Waals surface area contributed by atoms with E-state index in [4.69, 9.17) is 5.73 Å². The largest absolute Gasteiger partial charge is 0.323 e. The second kappa shape index (κ2) is 4.94. The minimum Gasteiger partial charge on any atom is -0.323 e.